The fourth-order valence-electron chi connectivity index (χ4n) is 3.07. The van der Waals surface area contributed by atoms with Crippen LogP contribution >= 0.6 is 11.8 Å². The van der Waals surface area contributed by atoms with Gasteiger partial charge in [0.15, 0.2) is 0 Å². The lowest BCUT2D eigenvalue weighted by Gasteiger charge is -2.30. The summed E-state index contributed by atoms with van der Waals surface area (Å²) in [7, 11) is 0. The van der Waals surface area contributed by atoms with E-state index in [9.17, 15) is 23.6 Å². The number of thioether (sulfide) groups is 1. The van der Waals surface area contributed by atoms with E-state index in [2.05, 4.69) is 10.1 Å². The number of rotatable bonds is 9. The molecular formula is C21H22F2N2O5S. The molecule has 1 heterocycles. The average molecular weight is 452 g/mol. The number of nitrogens with one attached hydrogen (secondary N) is 1. The number of nitrogens with zero attached hydrogens (tertiary/aromatic N) is 1. The first-order chi connectivity index (χ1) is 14.8. The largest absolute Gasteiger partial charge is 0.465 e. The van der Waals surface area contributed by atoms with Crippen LogP contribution in [0.4, 0.5) is 8.78 Å². The van der Waals surface area contributed by atoms with E-state index in [4.69, 9.17) is 9.47 Å². The average Bonchev–Trinajstić information content (AvgIpc) is 2.72. The Bertz CT molecular complexity index is 940. The number of dihydropyridines is 1. The maximum atomic E-state index is 13.0. The summed E-state index contributed by atoms with van der Waals surface area (Å²) in [6.07, 6.45) is 0. The molecule has 10 heteroatoms. The van der Waals surface area contributed by atoms with Gasteiger partial charge in [-0.15, -0.1) is 0 Å². The van der Waals surface area contributed by atoms with E-state index in [-0.39, 0.29) is 41.4 Å². The van der Waals surface area contributed by atoms with Crippen molar-refractivity contribution < 1.29 is 32.6 Å². The Morgan fingerprint density at radius 2 is 1.90 bits per heavy atom. The molecule has 31 heavy (non-hydrogen) atoms. The van der Waals surface area contributed by atoms with E-state index in [0.29, 0.717) is 10.7 Å². The van der Waals surface area contributed by atoms with Gasteiger partial charge in [0, 0.05) is 11.3 Å². The third kappa shape index (κ3) is 5.98. The van der Waals surface area contributed by atoms with Gasteiger partial charge >= 0.3 is 18.6 Å². The van der Waals surface area contributed by atoms with Crippen LogP contribution in [0.15, 0.2) is 46.1 Å². The van der Waals surface area contributed by atoms with Crippen LogP contribution in [-0.2, 0) is 19.1 Å². The monoisotopic (exact) mass is 452 g/mol. The number of para-hydroxylation sites is 1. The number of halogens is 2. The fourth-order valence-corrected chi connectivity index (χ4v) is 3.96. The Kier molecular flexibility index (Phi) is 8.88. The van der Waals surface area contributed by atoms with Gasteiger partial charge in [0.2, 0.25) is 0 Å². The van der Waals surface area contributed by atoms with Gasteiger partial charge < -0.3 is 19.5 Å². The molecule has 0 spiro atoms. The van der Waals surface area contributed by atoms with Gasteiger partial charge in [0.1, 0.15) is 5.75 Å². The van der Waals surface area contributed by atoms with Crippen LogP contribution in [0.2, 0.25) is 0 Å². The van der Waals surface area contributed by atoms with E-state index in [1.807, 2.05) is 6.07 Å². The molecule has 1 unspecified atom stereocenters. The third-order valence-electron chi connectivity index (χ3n) is 4.23. The number of ether oxygens (including phenoxy) is 3. The van der Waals surface area contributed by atoms with E-state index in [0.717, 1.165) is 11.8 Å². The highest BCUT2D eigenvalue weighted by molar-refractivity contribution is 8.03. The zero-order chi connectivity index (χ0) is 23.0. The lowest BCUT2D eigenvalue weighted by atomic mass is 9.82. The van der Waals surface area contributed by atoms with Gasteiger partial charge in [-0.05, 0) is 26.8 Å². The van der Waals surface area contributed by atoms with E-state index < -0.39 is 24.5 Å². The number of carbonyl (C=O) groups excluding carboxylic acids is 2. The minimum atomic E-state index is -3.09. The van der Waals surface area contributed by atoms with Crippen molar-refractivity contribution in [3.05, 3.63) is 51.7 Å². The molecule has 0 aliphatic carbocycles. The minimum absolute atomic E-state index is 0.0771. The first kappa shape index (κ1) is 24.2. The van der Waals surface area contributed by atoms with Gasteiger partial charge in [0.05, 0.1) is 47.1 Å². The summed E-state index contributed by atoms with van der Waals surface area (Å²) in [6.45, 7) is 2.13. The predicted octanol–water partition coefficient (Wildman–Crippen LogP) is 3.84. The van der Waals surface area contributed by atoms with Crippen LogP contribution in [0.25, 0.3) is 0 Å². The summed E-state index contributed by atoms with van der Waals surface area (Å²) in [5.74, 6) is -2.43. The van der Waals surface area contributed by atoms with E-state index >= 15 is 0 Å². The maximum absolute atomic E-state index is 13.0. The molecule has 0 aromatic heterocycles. The molecule has 7 nitrogen and oxygen atoms in total. The molecule has 1 aromatic carbocycles. The highest BCUT2D eigenvalue weighted by atomic mass is 32.2. The number of allylic oxidation sites excluding steroid dienone is 2. The molecule has 0 fully saturated rings. The summed E-state index contributed by atoms with van der Waals surface area (Å²) in [5.41, 5.74) is 0.760. The Morgan fingerprint density at radius 1 is 1.23 bits per heavy atom. The summed E-state index contributed by atoms with van der Waals surface area (Å²) in [4.78, 5) is 24.5. The summed E-state index contributed by atoms with van der Waals surface area (Å²) < 4.78 is 40.7. The number of nitriles is 1. The zero-order valence-electron chi connectivity index (χ0n) is 17.2. The number of benzene rings is 1. The molecule has 0 radical (unpaired) electrons. The lowest BCUT2D eigenvalue weighted by Crippen LogP contribution is -2.29. The molecule has 1 atom stereocenters. The number of hydrogen-bond donors (Lipinski definition) is 1. The quantitative estimate of drug-likeness (QED) is 0.565. The van der Waals surface area contributed by atoms with Crippen molar-refractivity contribution in [3.63, 3.8) is 0 Å². The normalized spacial score (nSPS) is 16.0. The molecule has 0 saturated heterocycles. The van der Waals surface area contributed by atoms with Crippen molar-refractivity contribution in [3.8, 4) is 11.8 Å². The molecule has 1 aliphatic rings. The standard InChI is InChI=1S/C21H22F2N2O5S/c1-4-28-16(26)11-31-19-14(10-24)18(17(12(3)25-19)20(27)29-5-2)13-8-6-7-9-15(13)30-21(22)23/h6-9,18,21,25H,4-5,11H2,1-3H3. The van der Waals surface area contributed by atoms with E-state index in [1.165, 1.54) is 18.2 Å². The predicted molar refractivity (Wildman–Crippen MR) is 110 cm³/mol. The van der Waals surface area contributed by atoms with Crippen molar-refractivity contribution in [1.82, 2.24) is 5.32 Å². The Hall–Kier alpha value is -3.06. The third-order valence-corrected chi connectivity index (χ3v) is 5.22. The van der Waals surface area contributed by atoms with Gasteiger partial charge in [-0.2, -0.15) is 14.0 Å². The highest BCUT2D eigenvalue weighted by Gasteiger charge is 2.37. The Morgan fingerprint density at radius 3 is 2.52 bits per heavy atom. The van der Waals surface area contributed by atoms with Crippen molar-refractivity contribution in [2.45, 2.75) is 33.3 Å². The molecule has 1 aliphatic heterocycles. The van der Waals surface area contributed by atoms with Crippen LogP contribution in [0.3, 0.4) is 0 Å². The molecule has 1 N–H and O–H groups in total. The number of esters is 2. The van der Waals surface area contributed by atoms with Gasteiger partial charge in [0.25, 0.3) is 0 Å². The highest BCUT2D eigenvalue weighted by Crippen LogP contribution is 2.44. The van der Waals surface area contributed by atoms with Crippen molar-refractivity contribution in [2.24, 2.45) is 0 Å². The van der Waals surface area contributed by atoms with Crippen LogP contribution < -0.4 is 10.1 Å². The molecule has 0 saturated carbocycles. The second kappa shape index (κ2) is 11.4. The molecule has 0 amide bonds. The molecule has 1 aromatic rings. The number of carbonyl (C=O) groups is 2. The van der Waals surface area contributed by atoms with Crippen LogP contribution in [0, 0.1) is 11.3 Å². The minimum Gasteiger partial charge on any atom is -0.465 e. The van der Waals surface area contributed by atoms with Gasteiger partial charge in [-0.3, -0.25) is 4.79 Å². The second-order valence-corrected chi connectivity index (χ2v) is 7.17. The fraction of sp³-hybridized carbons (Fsp3) is 0.381. The summed E-state index contributed by atoms with van der Waals surface area (Å²) >= 11 is 1.02. The smallest absolute Gasteiger partial charge is 0.387 e. The Labute approximate surface area is 183 Å². The van der Waals surface area contributed by atoms with Crippen molar-refractivity contribution in [2.75, 3.05) is 19.0 Å². The maximum Gasteiger partial charge on any atom is 0.387 e. The Balaban J connectivity index is 2.60. The second-order valence-electron chi connectivity index (χ2n) is 6.18. The van der Waals surface area contributed by atoms with E-state index in [1.54, 1.807) is 26.8 Å². The number of hydrogen-bond acceptors (Lipinski definition) is 8. The summed E-state index contributed by atoms with van der Waals surface area (Å²) in [5, 5.41) is 13.2. The number of alkyl halides is 2. The van der Waals surface area contributed by atoms with Crippen LogP contribution in [0.1, 0.15) is 32.3 Å². The molecule has 166 valence electrons. The molecular weight excluding hydrogens is 430 g/mol. The summed E-state index contributed by atoms with van der Waals surface area (Å²) in [6, 6.07) is 7.99. The SMILES string of the molecule is CCOC(=O)CSC1=C(C#N)C(c2ccccc2OC(F)F)C(C(=O)OCC)=C(C)N1. The van der Waals surface area contributed by atoms with Crippen molar-refractivity contribution >= 4 is 23.7 Å². The van der Waals surface area contributed by atoms with Gasteiger partial charge in [-0.25, -0.2) is 4.79 Å². The van der Waals surface area contributed by atoms with Gasteiger partial charge in [-0.1, -0.05) is 30.0 Å². The lowest BCUT2D eigenvalue weighted by molar-refractivity contribution is -0.140. The molecule has 2 rings (SSSR count). The van der Waals surface area contributed by atoms with Crippen LogP contribution in [-0.4, -0.2) is 37.5 Å². The topological polar surface area (TPSA) is 97.7 Å². The first-order valence-corrected chi connectivity index (χ1v) is 10.4. The first-order valence-electron chi connectivity index (χ1n) is 9.45. The molecule has 0 bridgehead atoms. The van der Waals surface area contributed by atoms with Crippen LogP contribution in [0.5, 0.6) is 5.75 Å². The zero-order valence-corrected chi connectivity index (χ0v) is 18.1. The van der Waals surface area contributed by atoms with Crippen molar-refractivity contribution in [1.29, 1.82) is 5.26 Å².